The van der Waals surface area contributed by atoms with Crippen molar-refractivity contribution in [3.8, 4) is 0 Å². The van der Waals surface area contributed by atoms with Gasteiger partial charge in [0.25, 0.3) is 6.04 Å². The van der Waals surface area contributed by atoms with E-state index in [1.165, 1.54) is 17.0 Å². The number of aliphatic carboxylic acids is 1. The van der Waals surface area contributed by atoms with E-state index in [0.717, 1.165) is 0 Å². The number of carbonyl (C=O) groups is 2. The zero-order valence-electron chi connectivity index (χ0n) is 14.0. The third-order valence-corrected chi connectivity index (χ3v) is 5.18. The minimum absolute atomic E-state index is 0.174. The summed E-state index contributed by atoms with van der Waals surface area (Å²) in [6.07, 6.45) is 5.51. The van der Waals surface area contributed by atoms with Crippen molar-refractivity contribution in [2.75, 3.05) is 6.61 Å². The molecule has 2 aliphatic carbocycles. The van der Waals surface area contributed by atoms with Gasteiger partial charge in [0.15, 0.2) is 18.2 Å². The Morgan fingerprint density at radius 3 is 2.67 bits per heavy atom. The number of nitrogens with zero attached hydrogens (tertiary/aromatic N) is 1. The van der Waals surface area contributed by atoms with Crippen molar-refractivity contribution in [2.45, 2.75) is 38.8 Å². The van der Waals surface area contributed by atoms with Crippen LogP contribution in [0.3, 0.4) is 0 Å². The summed E-state index contributed by atoms with van der Waals surface area (Å²) < 4.78 is 1.30. The molecule has 1 aromatic rings. The Morgan fingerprint density at radius 1 is 1.42 bits per heavy atom. The lowest BCUT2D eigenvalue weighted by atomic mass is 9.69. The summed E-state index contributed by atoms with van der Waals surface area (Å²) in [6.45, 7) is 5.17. The molecule has 0 radical (unpaired) electrons. The van der Waals surface area contributed by atoms with Gasteiger partial charge in [-0.05, 0) is 18.8 Å². The fraction of sp³-hybridized carbons (Fsp3) is 0.500. The quantitative estimate of drug-likeness (QED) is 0.716. The number of Topliss-reactive ketones (excluding diaryl/α,β-unsaturated/α-hetero) is 1. The topological polar surface area (TPSA) is 98.7 Å². The minimum atomic E-state index is -1.19. The number of pyridine rings is 1. The minimum Gasteiger partial charge on any atom is -0.476 e. The number of aliphatic hydroxyl groups excluding tert-OH is 1. The zero-order chi connectivity index (χ0) is 17.9. The maximum atomic E-state index is 12.9. The number of rotatable bonds is 3. The van der Waals surface area contributed by atoms with Gasteiger partial charge in [0.1, 0.15) is 6.61 Å². The lowest BCUT2D eigenvalue weighted by molar-refractivity contribution is -0.712. The molecule has 0 amide bonds. The largest absolute Gasteiger partial charge is 0.476 e. The Labute approximate surface area is 140 Å². The number of aromatic nitrogens is 1. The van der Waals surface area contributed by atoms with Crippen molar-refractivity contribution in [3.63, 3.8) is 0 Å². The summed E-state index contributed by atoms with van der Waals surface area (Å²) in [5.41, 5.74) is 0.0193. The molecule has 6 heteroatoms. The molecule has 0 fully saturated rings. The number of carboxylic acids is 1. The van der Waals surface area contributed by atoms with E-state index in [0.29, 0.717) is 23.1 Å². The number of hydrogen-bond acceptors (Lipinski definition) is 4. The van der Waals surface area contributed by atoms with Crippen LogP contribution in [0.4, 0.5) is 0 Å². The van der Waals surface area contributed by atoms with Crippen LogP contribution in [-0.4, -0.2) is 33.7 Å². The fourth-order valence-corrected chi connectivity index (χ4v) is 3.91. The van der Waals surface area contributed by atoms with Crippen LogP contribution in [0.5, 0.6) is 0 Å². The molecule has 3 rings (SSSR count). The third-order valence-electron chi connectivity index (χ3n) is 5.18. The summed E-state index contributed by atoms with van der Waals surface area (Å²) in [7, 11) is 0. The van der Waals surface area contributed by atoms with E-state index in [1.54, 1.807) is 13.0 Å². The van der Waals surface area contributed by atoms with Gasteiger partial charge in [0.05, 0.1) is 11.2 Å². The normalized spacial score (nSPS) is 28.8. The molecule has 0 bridgehead atoms. The smallest absolute Gasteiger partial charge is 0.375 e. The van der Waals surface area contributed by atoms with Crippen LogP contribution in [0, 0.1) is 11.3 Å². The summed E-state index contributed by atoms with van der Waals surface area (Å²) >= 11 is 0. The Hall–Kier alpha value is -2.05. The molecule has 24 heavy (non-hydrogen) atoms. The molecule has 0 saturated carbocycles. The molecule has 6 nitrogen and oxygen atoms in total. The SMILES string of the molecule is CC1(C)C=C2C(=O)c3c[n+]([C@H](CO)C(=O)O)ccc3[C@](C)(O)[C@H]2C1. The van der Waals surface area contributed by atoms with Gasteiger partial charge in [-0.25, -0.2) is 4.79 Å². The number of fused-ring (bicyclic) bond motifs is 2. The molecule has 1 aromatic heterocycles. The summed E-state index contributed by atoms with van der Waals surface area (Å²) in [4.78, 5) is 24.2. The van der Waals surface area contributed by atoms with Gasteiger partial charge >= 0.3 is 5.97 Å². The van der Waals surface area contributed by atoms with E-state index >= 15 is 0 Å². The van der Waals surface area contributed by atoms with Crippen molar-refractivity contribution in [1.82, 2.24) is 0 Å². The van der Waals surface area contributed by atoms with Crippen molar-refractivity contribution >= 4 is 11.8 Å². The van der Waals surface area contributed by atoms with Gasteiger partial charge in [-0.2, -0.15) is 4.57 Å². The summed E-state index contributed by atoms with van der Waals surface area (Å²) in [5, 5.41) is 29.6. The van der Waals surface area contributed by atoms with Crippen molar-refractivity contribution in [1.29, 1.82) is 0 Å². The summed E-state index contributed by atoms with van der Waals surface area (Å²) in [6, 6.07) is 0.417. The summed E-state index contributed by atoms with van der Waals surface area (Å²) in [5.74, 6) is -1.63. The molecule has 0 spiro atoms. The van der Waals surface area contributed by atoms with Crippen LogP contribution < -0.4 is 4.57 Å². The fourth-order valence-electron chi connectivity index (χ4n) is 3.91. The van der Waals surface area contributed by atoms with Crippen molar-refractivity contribution in [3.05, 3.63) is 41.2 Å². The van der Waals surface area contributed by atoms with E-state index in [1.807, 2.05) is 19.9 Å². The van der Waals surface area contributed by atoms with E-state index < -0.39 is 24.2 Å². The van der Waals surface area contributed by atoms with Gasteiger partial charge in [-0.1, -0.05) is 19.9 Å². The molecular formula is C18H22NO5+. The van der Waals surface area contributed by atoms with Crippen LogP contribution in [0.25, 0.3) is 0 Å². The van der Waals surface area contributed by atoms with Gasteiger partial charge in [-0.15, -0.1) is 0 Å². The molecule has 2 aliphatic rings. The second kappa shape index (κ2) is 5.22. The van der Waals surface area contributed by atoms with Crippen LogP contribution in [0.15, 0.2) is 30.1 Å². The lowest BCUT2D eigenvalue weighted by Gasteiger charge is -2.37. The number of carboxylic acid groups (broad SMARTS) is 1. The highest BCUT2D eigenvalue weighted by Gasteiger charge is 2.51. The molecular weight excluding hydrogens is 310 g/mol. The number of allylic oxidation sites excluding steroid dienone is 1. The second-order valence-corrected chi connectivity index (χ2v) is 7.58. The maximum absolute atomic E-state index is 12.9. The van der Waals surface area contributed by atoms with Crippen molar-refractivity contribution < 1.29 is 29.5 Å². The molecule has 3 N–H and O–H groups in total. The first-order valence-electron chi connectivity index (χ1n) is 7.97. The molecule has 128 valence electrons. The molecule has 0 saturated heterocycles. The Morgan fingerprint density at radius 2 is 2.08 bits per heavy atom. The second-order valence-electron chi connectivity index (χ2n) is 7.58. The first-order valence-corrected chi connectivity index (χ1v) is 7.97. The lowest BCUT2D eigenvalue weighted by Crippen LogP contribution is -2.48. The van der Waals surface area contributed by atoms with E-state index in [2.05, 4.69) is 0 Å². The standard InChI is InChI=1S/C18H21NO5/c1-17(2)6-10-13(7-17)18(3,24)12-4-5-19(8-11(12)15(10)21)14(9-20)16(22)23/h4-6,8,13-14,20,24H,7,9H2,1-3H3/p+1/t13-,14+,18-/m0/s1. The molecule has 0 unspecified atom stereocenters. The highest BCUT2D eigenvalue weighted by molar-refractivity contribution is 6.11. The van der Waals surface area contributed by atoms with Gasteiger partial charge < -0.3 is 15.3 Å². The number of hydrogen-bond donors (Lipinski definition) is 3. The first kappa shape index (κ1) is 16.8. The predicted octanol–water partition coefficient (Wildman–Crippen LogP) is 0.968. The van der Waals surface area contributed by atoms with Gasteiger partial charge in [0, 0.05) is 23.1 Å². The highest BCUT2D eigenvalue weighted by atomic mass is 16.4. The van der Waals surface area contributed by atoms with Crippen LogP contribution in [-0.2, 0) is 10.4 Å². The maximum Gasteiger partial charge on any atom is 0.375 e. The predicted molar refractivity (Wildman–Crippen MR) is 84.3 cm³/mol. The molecule has 1 heterocycles. The van der Waals surface area contributed by atoms with Gasteiger partial charge in [0.2, 0.25) is 0 Å². The first-order chi connectivity index (χ1) is 11.1. The van der Waals surface area contributed by atoms with Crippen LogP contribution >= 0.6 is 0 Å². The van der Waals surface area contributed by atoms with E-state index in [-0.39, 0.29) is 17.1 Å². The van der Waals surface area contributed by atoms with Crippen LogP contribution in [0.1, 0.15) is 49.2 Å². The average molecular weight is 332 g/mol. The Balaban J connectivity index is 2.16. The number of aliphatic hydroxyl groups is 2. The van der Waals surface area contributed by atoms with Gasteiger partial charge in [-0.3, -0.25) is 4.79 Å². The zero-order valence-corrected chi connectivity index (χ0v) is 14.0. The monoisotopic (exact) mass is 332 g/mol. The third kappa shape index (κ3) is 2.37. The highest BCUT2D eigenvalue weighted by Crippen LogP contribution is 2.52. The average Bonchev–Trinajstić information content (AvgIpc) is 2.82. The van der Waals surface area contributed by atoms with Crippen molar-refractivity contribution in [2.24, 2.45) is 11.3 Å². The van der Waals surface area contributed by atoms with E-state index in [9.17, 15) is 24.9 Å². The Bertz CT molecular complexity index is 763. The Kier molecular flexibility index (Phi) is 3.66. The van der Waals surface area contributed by atoms with Crippen LogP contribution in [0.2, 0.25) is 0 Å². The molecule has 0 aromatic carbocycles. The van der Waals surface area contributed by atoms with E-state index in [4.69, 9.17) is 0 Å². The molecule has 0 aliphatic heterocycles. The number of carbonyl (C=O) groups excluding carboxylic acids is 1. The molecule has 3 atom stereocenters. The number of ketones is 1.